The molecule has 10 heteroatoms. The second-order valence-corrected chi connectivity index (χ2v) is 14.4. The van der Waals surface area contributed by atoms with E-state index in [9.17, 15) is 4.79 Å². The molecule has 1 unspecified atom stereocenters. The molecule has 2 aliphatic carbocycles. The minimum absolute atomic E-state index is 0. The molecule has 2 N–H and O–H groups in total. The average Bonchev–Trinajstić information content (AvgIpc) is 3.98. The van der Waals surface area contributed by atoms with E-state index in [0.717, 1.165) is 86.3 Å². The molecule has 2 atom stereocenters. The molecule has 0 radical (unpaired) electrons. The number of aryl methyl sites for hydroxylation is 2. The lowest BCUT2D eigenvalue weighted by Gasteiger charge is -2.40. The first-order valence-corrected chi connectivity index (χ1v) is 17.0. The van der Waals surface area contributed by atoms with Crippen LogP contribution in [0.5, 0.6) is 0 Å². The Hall–Kier alpha value is -3.53. The van der Waals surface area contributed by atoms with Crippen molar-refractivity contribution in [1.29, 1.82) is 0 Å². The molecular formula is C37H45ClFN7O. The second-order valence-electron chi connectivity index (χ2n) is 14.4. The van der Waals surface area contributed by atoms with E-state index >= 15 is 4.39 Å². The molecule has 3 aromatic heterocycles. The predicted molar refractivity (Wildman–Crippen MR) is 188 cm³/mol. The van der Waals surface area contributed by atoms with Crippen LogP contribution in [0.2, 0.25) is 0 Å². The van der Waals surface area contributed by atoms with E-state index in [4.69, 9.17) is 5.73 Å². The summed E-state index contributed by atoms with van der Waals surface area (Å²) in [5, 5.41) is 0.478. The summed E-state index contributed by atoms with van der Waals surface area (Å²) in [7, 11) is 0. The standard InChI is InChI=1S/C37H44FN7O.ClH/c1-24-5-6-29(17-41-24)42-13-3-4-30(21-42)43(18-26-9-12-40-25(2)14-26)19-27-20-45(28-7-8-28)33-16-34(32(38)15-31(33)36(27)46)44-22-35(39)37(23-44)10-11-37;/h5-6,9,12,14-17,20,28,30,35H,3-4,7-8,10-11,13,18-19,21-23,39H2,1-2H3;1H/t30-,35?;/m0./s1. The minimum Gasteiger partial charge on any atom is -0.369 e. The normalized spacial score (nSPS) is 21.9. The van der Waals surface area contributed by atoms with Crippen molar-refractivity contribution < 1.29 is 4.39 Å². The monoisotopic (exact) mass is 657 g/mol. The number of piperidine rings is 1. The van der Waals surface area contributed by atoms with Gasteiger partial charge in [0.05, 0.1) is 23.1 Å². The van der Waals surface area contributed by atoms with Gasteiger partial charge in [0.15, 0.2) is 5.43 Å². The smallest absolute Gasteiger partial charge is 0.193 e. The van der Waals surface area contributed by atoms with Crippen molar-refractivity contribution in [3.8, 4) is 0 Å². The number of benzene rings is 1. The van der Waals surface area contributed by atoms with Gasteiger partial charge in [0.2, 0.25) is 0 Å². The average molecular weight is 658 g/mol. The Balaban J connectivity index is 0.00000351. The van der Waals surface area contributed by atoms with Crippen molar-refractivity contribution >= 4 is 34.7 Å². The van der Waals surface area contributed by atoms with Crippen LogP contribution >= 0.6 is 12.4 Å². The summed E-state index contributed by atoms with van der Waals surface area (Å²) < 4.78 is 18.1. The van der Waals surface area contributed by atoms with Gasteiger partial charge in [0.25, 0.3) is 0 Å². The van der Waals surface area contributed by atoms with E-state index in [-0.39, 0.29) is 41.2 Å². The number of fused-ring (bicyclic) bond motifs is 1. The third-order valence-corrected chi connectivity index (χ3v) is 11.0. The lowest BCUT2D eigenvalue weighted by Crippen LogP contribution is -2.48. The zero-order valence-corrected chi connectivity index (χ0v) is 28.2. The number of nitrogens with zero attached hydrogens (tertiary/aromatic N) is 6. The first-order valence-electron chi connectivity index (χ1n) is 17.0. The van der Waals surface area contributed by atoms with Gasteiger partial charge in [-0.3, -0.25) is 19.7 Å². The van der Waals surface area contributed by atoms with Gasteiger partial charge in [-0.1, -0.05) is 0 Å². The molecule has 2 saturated heterocycles. The topological polar surface area (TPSA) is 83.5 Å². The van der Waals surface area contributed by atoms with Gasteiger partial charge in [-0.2, -0.15) is 0 Å². The Morgan fingerprint density at radius 2 is 1.83 bits per heavy atom. The van der Waals surface area contributed by atoms with E-state index in [1.54, 1.807) is 0 Å². The van der Waals surface area contributed by atoms with Gasteiger partial charge >= 0.3 is 0 Å². The largest absolute Gasteiger partial charge is 0.369 e. The Morgan fingerprint density at radius 1 is 1.00 bits per heavy atom. The lowest BCUT2D eigenvalue weighted by atomic mass is 10.0. The molecule has 4 aliphatic rings. The quantitative estimate of drug-likeness (QED) is 0.253. The third-order valence-electron chi connectivity index (χ3n) is 11.0. The number of halogens is 2. The molecule has 4 fully saturated rings. The molecule has 4 aromatic rings. The predicted octanol–water partition coefficient (Wildman–Crippen LogP) is 5.90. The minimum atomic E-state index is -0.326. The van der Waals surface area contributed by atoms with Crippen molar-refractivity contribution in [2.24, 2.45) is 11.1 Å². The maximum atomic E-state index is 15.9. The molecule has 248 valence electrons. The van der Waals surface area contributed by atoms with Crippen LogP contribution in [-0.4, -0.2) is 57.7 Å². The second kappa shape index (κ2) is 12.5. The number of rotatable bonds is 8. The van der Waals surface area contributed by atoms with Crippen LogP contribution in [0.25, 0.3) is 10.9 Å². The Labute approximate surface area is 282 Å². The number of hydrogen-bond acceptors (Lipinski definition) is 7. The summed E-state index contributed by atoms with van der Waals surface area (Å²) in [6, 6.07) is 12.5. The van der Waals surface area contributed by atoms with E-state index in [0.29, 0.717) is 36.7 Å². The summed E-state index contributed by atoms with van der Waals surface area (Å²) in [5.74, 6) is -0.326. The summed E-state index contributed by atoms with van der Waals surface area (Å²) in [4.78, 5) is 30.2. The van der Waals surface area contributed by atoms with E-state index in [2.05, 4.69) is 59.7 Å². The molecular weight excluding hydrogens is 613 g/mol. The lowest BCUT2D eigenvalue weighted by molar-refractivity contribution is 0.158. The van der Waals surface area contributed by atoms with Gasteiger partial charge in [0.1, 0.15) is 5.82 Å². The molecule has 2 aliphatic heterocycles. The van der Waals surface area contributed by atoms with E-state index in [1.165, 1.54) is 11.6 Å². The highest BCUT2D eigenvalue weighted by Crippen LogP contribution is 2.53. The molecule has 5 heterocycles. The van der Waals surface area contributed by atoms with Gasteiger partial charge in [-0.15, -0.1) is 12.4 Å². The molecule has 0 amide bonds. The van der Waals surface area contributed by atoms with Crippen LogP contribution in [0.4, 0.5) is 15.8 Å². The fourth-order valence-electron chi connectivity index (χ4n) is 7.90. The number of hydrogen-bond donors (Lipinski definition) is 1. The summed E-state index contributed by atoms with van der Waals surface area (Å²) >= 11 is 0. The van der Waals surface area contributed by atoms with Crippen molar-refractivity contribution in [3.63, 3.8) is 0 Å². The van der Waals surface area contributed by atoms with Crippen LogP contribution < -0.4 is 21.0 Å². The van der Waals surface area contributed by atoms with Gasteiger partial charge < -0.3 is 20.1 Å². The molecule has 0 bridgehead atoms. The van der Waals surface area contributed by atoms with Crippen LogP contribution in [-0.2, 0) is 13.1 Å². The highest BCUT2D eigenvalue weighted by molar-refractivity contribution is 5.85. The van der Waals surface area contributed by atoms with Crippen molar-refractivity contribution in [1.82, 2.24) is 19.4 Å². The zero-order valence-electron chi connectivity index (χ0n) is 27.4. The maximum absolute atomic E-state index is 15.9. The third kappa shape index (κ3) is 6.25. The van der Waals surface area contributed by atoms with Crippen molar-refractivity contribution in [2.75, 3.05) is 36.0 Å². The fraction of sp³-hybridized carbons (Fsp3) is 0.486. The van der Waals surface area contributed by atoms with Gasteiger partial charge in [-0.05, 0) is 94.3 Å². The zero-order chi connectivity index (χ0) is 31.6. The van der Waals surface area contributed by atoms with Crippen LogP contribution in [0.15, 0.2) is 59.8 Å². The maximum Gasteiger partial charge on any atom is 0.193 e. The molecule has 2 saturated carbocycles. The van der Waals surface area contributed by atoms with Gasteiger partial charge in [0, 0.05) is 97.5 Å². The van der Waals surface area contributed by atoms with Crippen LogP contribution in [0.1, 0.15) is 67.1 Å². The Morgan fingerprint density at radius 3 is 2.53 bits per heavy atom. The highest BCUT2D eigenvalue weighted by atomic mass is 35.5. The molecule has 1 aromatic carbocycles. The number of pyridine rings is 3. The first-order chi connectivity index (χ1) is 22.3. The summed E-state index contributed by atoms with van der Waals surface area (Å²) in [6.07, 6.45) is 12.4. The molecule has 8 nitrogen and oxygen atoms in total. The van der Waals surface area contributed by atoms with E-state index < -0.39 is 0 Å². The first kappa shape index (κ1) is 32.0. The Kier molecular flexibility index (Phi) is 8.51. The number of aromatic nitrogens is 3. The van der Waals surface area contributed by atoms with Gasteiger partial charge in [-0.25, -0.2) is 4.39 Å². The fourth-order valence-corrected chi connectivity index (χ4v) is 7.90. The SMILES string of the molecule is Cc1ccc(N2CCC[C@H](N(Cc3ccnc(C)c3)Cc3cn(C4CC4)c4cc(N5CC(N)C6(CC6)C5)c(F)cc4c3=O)C2)cn1.Cl. The summed E-state index contributed by atoms with van der Waals surface area (Å²) in [5.41, 5.74) is 13.0. The van der Waals surface area contributed by atoms with Crippen LogP contribution in [0, 0.1) is 25.1 Å². The molecule has 8 rings (SSSR count). The number of nitrogens with two attached hydrogens (primary N) is 1. The van der Waals surface area contributed by atoms with E-state index in [1.807, 2.05) is 32.3 Å². The Bertz CT molecular complexity index is 1840. The number of anilines is 2. The molecule has 47 heavy (non-hydrogen) atoms. The van der Waals surface area contributed by atoms with Crippen LogP contribution in [0.3, 0.4) is 0 Å². The summed E-state index contributed by atoms with van der Waals surface area (Å²) in [6.45, 7) is 8.53. The highest BCUT2D eigenvalue weighted by Gasteiger charge is 2.53. The van der Waals surface area contributed by atoms with Crippen molar-refractivity contribution in [2.45, 2.75) is 83.6 Å². The molecule has 1 spiro atoms. The van der Waals surface area contributed by atoms with Crippen molar-refractivity contribution in [3.05, 3.63) is 93.5 Å².